The molecule has 0 aliphatic carbocycles. The third-order valence-electron chi connectivity index (χ3n) is 4.58. The highest BCUT2D eigenvalue weighted by molar-refractivity contribution is 7.99. The molecular weight excluding hydrogens is 429 g/mol. The molecule has 2 aliphatic rings. The van der Waals surface area contributed by atoms with Crippen LogP contribution in [0, 0.1) is 0 Å². The monoisotopic (exact) mass is 445 g/mol. The molecule has 1 fully saturated rings. The summed E-state index contributed by atoms with van der Waals surface area (Å²) in [5, 5.41) is 0.721. The van der Waals surface area contributed by atoms with E-state index in [1.165, 1.54) is 16.4 Å². The Labute approximate surface area is 172 Å². The molecule has 5 nitrogen and oxygen atoms in total. The van der Waals surface area contributed by atoms with Gasteiger partial charge < -0.3 is 9.47 Å². The maximum atomic E-state index is 13.0. The molecule has 2 heterocycles. The average molecular weight is 446 g/mol. The molecule has 144 valence electrons. The van der Waals surface area contributed by atoms with E-state index in [1.54, 1.807) is 17.8 Å². The number of halogens is 2. The summed E-state index contributed by atoms with van der Waals surface area (Å²) in [5.74, 6) is 2.18. The van der Waals surface area contributed by atoms with Crippen molar-refractivity contribution in [1.82, 2.24) is 4.31 Å². The zero-order valence-corrected chi connectivity index (χ0v) is 17.4. The van der Waals surface area contributed by atoms with Crippen molar-refractivity contribution in [1.29, 1.82) is 0 Å². The standard InChI is InChI=1S/C18H17Cl2NO4S2/c19-13-2-3-14(20)18(10-13)27(22,23)21-6-5-17(26-8-7-21)12-1-4-15-16(9-12)25-11-24-15/h1-4,9-10,17H,5-8,11H2/t17-/m1/s1. The van der Waals surface area contributed by atoms with Crippen molar-refractivity contribution in [2.24, 2.45) is 0 Å². The Hall–Kier alpha value is -1.12. The summed E-state index contributed by atoms with van der Waals surface area (Å²) in [7, 11) is -3.69. The van der Waals surface area contributed by atoms with Gasteiger partial charge in [0.15, 0.2) is 11.5 Å². The first-order chi connectivity index (χ1) is 12.9. The number of ether oxygens (including phenoxy) is 2. The summed E-state index contributed by atoms with van der Waals surface area (Å²) in [4.78, 5) is 0.0585. The molecule has 0 bridgehead atoms. The van der Waals surface area contributed by atoms with Crippen molar-refractivity contribution >= 4 is 45.0 Å². The first-order valence-electron chi connectivity index (χ1n) is 8.41. The number of hydrogen-bond acceptors (Lipinski definition) is 5. The largest absolute Gasteiger partial charge is 0.454 e. The van der Waals surface area contributed by atoms with Crippen molar-refractivity contribution < 1.29 is 17.9 Å². The van der Waals surface area contributed by atoms with Gasteiger partial charge in [0.1, 0.15) is 4.90 Å². The van der Waals surface area contributed by atoms with Crippen LogP contribution in [0.3, 0.4) is 0 Å². The molecule has 9 heteroatoms. The molecule has 1 atom stereocenters. The van der Waals surface area contributed by atoms with Gasteiger partial charge in [0.2, 0.25) is 16.8 Å². The van der Waals surface area contributed by atoms with Crippen LogP contribution in [0.2, 0.25) is 10.0 Å². The third-order valence-corrected chi connectivity index (χ3v) is 8.52. The normalized spacial score (nSPS) is 20.4. The number of hydrogen-bond donors (Lipinski definition) is 0. The quantitative estimate of drug-likeness (QED) is 0.691. The third kappa shape index (κ3) is 3.89. The topological polar surface area (TPSA) is 55.8 Å². The molecule has 1 saturated heterocycles. The highest BCUT2D eigenvalue weighted by Crippen LogP contribution is 2.41. The molecule has 4 rings (SSSR count). The van der Waals surface area contributed by atoms with Crippen LogP contribution in [0.25, 0.3) is 0 Å². The van der Waals surface area contributed by atoms with Gasteiger partial charge in [0.05, 0.1) is 5.02 Å². The van der Waals surface area contributed by atoms with Gasteiger partial charge in [0.25, 0.3) is 0 Å². The zero-order chi connectivity index (χ0) is 19.0. The van der Waals surface area contributed by atoms with E-state index < -0.39 is 10.0 Å². The van der Waals surface area contributed by atoms with Crippen LogP contribution in [0.5, 0.6) is 11.5 Å². The lowest BCUT2D eigenvalue weighted by Crippen LogP contribution is -2.33. The van der Waals surface area contributed by atoms with Gasteiger partial charge in [-0.1, -0.05) is 29.3 Å². The smallest absolute Gasteiger partial charge is 0.244 e. The SMILES string of the molecule is O=S(=O)(c1cc(Cl)ccc1Cl)N1CCS[C@@H](c2ccc3c(c2)OCO3)CC1. The average Bonchev–Trinajstić information content (AvgIpc) is 2.97. The predicted molar refractivity (Wildman–Crippen MR) is 108 cm³/mol. The number of rotatable bonds is 3. The van der Waals surface area contributed by atoms with Crippen LogP contribution in [0.4, 0.5) is 0 Å². The van der Waals surface area contributed by atoms with E-state index in [4.69, 9.17) is 32.7 Å². The molecule has 0 spiro atoms. The molecule has 2 aliphatic heterocycles. The Balaban J connectivity index is 1.54. The minimum Gasteiger partial charge on any atom is -0.454 e. The molecule has 0 aromatic heterocycles. The maximum Gasteiger partial charge on any atom is 0.244 e. The second-order valence-electron chi connectivity index (χ2n) is 6.24. The van der Waals surface area contributed by atoms with Crippen molar-refractivity contribution in [2.75, 3.05) is 25.6 Å². The molecule has 2 aromatic rings. The Morgan fingerprint density at radius 1 is 1.04 bits per heavy atom. The van der Waals surface area contributed by atoms with Gasteiger partial charge in [-0.2, -0.15) is 16.1 Å². The Morgan fingerprint density at radius 2 is 1.85 bits per heavy atom. The number of benzene rings is 2. The first kappa shape index (κ1) is 19.2. The van der Waals surface area contributed by atoms with Gasteiger partial charge in [-0.25, -0.2) is 8.42 Å². The summed E-state index contributed by atoms with van der Waals surface area (Å²) in [6, 6.07) is 10.4. The van der Waals surface area contributed by atoms with Gasteiger partial charge in [-0.3, -0.25) is 0 Å². The van der Waals surface area contributed by atoms with Crippen LogP contribution < -0.4 is 9.47 Å². The number of sulfonamides is 1. The highest BCUT2D eigenvalue weighted by Gasteiger charge is 2.30. The van der Waals surface area contributed by atoms with Crippen LogP contribution in [0.1, 0.15) is 17.2 Å². The molecule has 0 radical (unpaired) electrons. The van der Waals surface area contributed by atoms with Gasteiger partial charge in [-0.15, -0.1) is 0 Å². The van der Waals surface area contributed by atoms with Crippen LogP contribution in [-0.4, -0.2) is 38.4 Å². The summed E-state index contributed by atoms with van der Waals surface area (Å²) in [6.45, 7) is 1.08. The molecule has 0 unspecified atom stereocenters. The highest BCUT2D eigenvalue weighted by atomic mass is 35.5. The van der Waals surface area contributed by atoms with E-state index in [0.717, 1.165) is 17.1 Å². The molecule has 27 heavy (non-hydrogen) atoms. The predicted octanol–water partition coefficient (Wildman–Crippen LogP) is 4.59. The summed E-state index contributed by atoms with van der Waals surface area (Å²) in [5.41, 5.74) is 1.12. The van der Waals surface area contributed by atoms with E-state index in [9.17, 15) is 8.42 Å². The fraction of sp³-hybridized carbons (Fsp3) is 0.333. The molecular formula is C18H17Cl2NO4S2. The lowest BCUT2D eigenvalue weighted by Gasteiger charge is -2.21. The van der Waals surface area contributed by atoms with Crippen molar-refractivity contribution in [3.05, 3.63) is 52.0 Å². The van der Waals surface area contributed by atoms with E-state index in [-0.39, 0.29) is 22.0 Å². The minimum atomic E-state index is -3.69. The summed E-state index contributed by atoms with van der Waals surface area (Å²) >= 11 is 13.8. The Kier molecular flexibility index (Phi) is 5.49. The summed E-state index contributed by atoms with van der Waals surface area (Å²) in [6.07, 6.45) is 0.696. The second kappa shape index (κ2) is 7.72. The number of fused-ring (bicyclic) bond motifs is 1. The fourth-order valence-corrected chi connectivity index (χ4v) is 6.71. The van der Waals surface area contributed by atoms with Crippen LogP contribution in [0.15, 0.2) is 41.3 Å². The van der Waals surface area contributed by atoms with Crippen molar-refractivity contribution in [3.63, 3.8) is 0 Å². The van der Waals surface area contributed by atoms with Gasteiger partial charge >= 0.3 is 0 Å². The molecule has 0 N–H and O–H groups in total. The second-order valence-corrected chi connectivity index (χ2v) is 10.3. The van der Waals surface area contributed by atoms with E-state index >= 15 is 0 Å². The van der Waals surface area contributed by atoms with Crippen LogP contribution >= 0.6 is 35.0 Å². The van der Waals surface area contributed by atoms with Gasteiger partial charge in [-0.05, 0) is 42.3 Å². The number of nitrogens with zero attached hydrogens (tertiary/aromatic N) is 1. The fourth-order valence-electron chi connectivity index (χ4n) is 3.18. The van der Waals surface area contributed by atoms with E-state index in [1.807, 2.05) is 18.2 Å². The lowest BCUT2D eigenvalue weighted by atomic mass is 10.1. The lowest BCUT2D eigenvalue weighted by molar-refractivity contribution is 0.174. The Morgan fingerprint density at radius 3 is 2.70 bits per heavy atom. The Bertz CT molecular complexity index is 968. The molecule has 0 saturated carbocycles. The van der Waals surface area contributed by atoms with E-state index in [0.29, 0.717) is 30.3 Å². The van der Waals surface area contributed by atoms with E-state index in [2.05, 4.69) is 0 Å². The van der Waals surface area contributed by atoms with Crippen molar-refractivity contribution in [3.8, 4) is 11.5 Å². The molecule has 2 aromatic carbocycles. The van der Waals surface area contributed by atoms with Gasteiger partial charge in [0, 0.05) is 29.1 Å². The number of thioether (sulfide) groups is 1. The maximum absolute atomic E-state index is 13.0. The first-order valence-corrected chi connectivity index (χ1v) is 11.7. The zero-order valence-electron chi connectivity index (χ0n) is 14.2. The van der Waals surface area contributed by atoms with Crippen LogP contribution in [-0.2, 0) is 10.0 Å². The van der Waals surface area contributed by atoms with Crippen molar-refractivity contribution in [2.45, 2.75) is 16.6 Å². The summed E-state index contributed by atoms with van der Waals surface area (Å²) < 4.78 is 38.4. The molecule has 0 amide bonds. The minimum absolute atomic E-state index is 0.0585.